The van der Waals surface area contributed by atoms with Crippen molar-refractivity contribution < 1.29 is 14.7 Å². The van der Waals surface area contributed by atoms with E-state index in [9.17, 15) is 9.59 Å². The molecular formula is C15H20N2O3. The van der Waals surface area contributed by atoms with Gasteiger partial charge in [-0.25, -0.2) is 9.59 Å². The first kappa shape index (κ1) is 14.4. The molecule has 0 spiro atoms. The standard InChI is InChI=1S/C15H20N2O3/c1-11-6-3-4-7-12(11)10-16(2)15(20)17-9-5-8-13(17)14(18)19/h3-4,6-7,13H,5,8-10H2,1-2H3,(H,18,19). The number of carboxylic acid groups (broad SMARTS) is 1. The summed E-state index contributed by atoms with van der Waals surface area (Å²) in [6.45, 7) is 3.02. The molecule has 2 amide bonds. The van der Waals surface area contributed by atoms with E-state index in [2.05, 4.69) is 0 Å². The Balaban J connectivity index is 2.05. The van der Waals surface area contributed by atoms with Crippen LogP contribution in [0.4, 0.5) is 4.79 Å². The normalized spacial score (nSPS) is 18.1. The van der Waals surface area contributed by atoms with Crippen LogP contribution in [0.1, 0.15) is 24.0 Å². The zero-order chi connectivity index (χ0) is 14.7. The lowest BCUT2D eigenvalue weighted by Gasteiger charge is -2.28. The van der Waals surface area contributed by atoms with Crippen LogP contribution in [0, 0.1) is 6.92 Å². The van der Waals surface area contributed by atoms with Gasteiger partial charge in [0.1, 0.15) is 6.04 Å². The number of carbonyl (C=O) groups excluding carboxylic acids is 1. The number of carbonyl (C=O) groups is 2. The fourth-order valence-electron chi connectivity index (χ4n) is 2.58. The summed E-state index contributed by atoms with van der Waals surface area (Å²) in [5, 5.41) is 9.14. The minimum atomic E-state index is -0.917. The average molecular weight is 276 g/mol. The first-order chi connectivity index (χ1) is 9.50. The summed E-state index contributed by atoms with van der Waals surface area (Å²) in [5.74, 6) is -0.917. The molecule has 2 rings (SSSR count). The summed E-state index contributed by atoms with van der Waals surface area (Å²) in [7, 11) is 1.71. The summed E-state index contributed by atoms with van der Waals surface area (Å²) >= 11 is 0. The topological polar surface area (TPSA) is 60.9 Å². The molecule has 1 atom stereocenters. The number of aliphatic carboxylic acids is 1. The van der Waals surface area contributed by atoms with Gasteiger partial charge in [0.2, 0.25) is 0 Å². The van der Waals surface area contributed by atoms with E-state index in [4.69, 9.17) is 5.11 Å². The molecule has 20 heavy (non-hydrogen) atoms. The molecule has 5 nitrogen and oxygen atoms in total. The number of rotatable bonds is 3. The predicted octanol–water partition coefficient (Wildman–Crippen LogP) is 2.10. The summed E-state index contributed by atoms with van der Waals surface area (Å²) in [4.78, 5) is 26.5. The van der Waals surface area contributed by atoms with Crippen LogP contribution in [-0.2, 0) is 11.3 Å². The van der Waals surface area contributed by atoms with Gasteiger partial charge in [-0.1, -0.05) is 24.3 Å². The fraction of sp³-hybridized carbons (Fsp3) is 0.467. The minimum Gasteiger partial charge on any atom is -0.480 e. The maximum absolute atomic E-state index is 12.4. The van der Waals surface area contributed by atoms with E-state index in [-0.39, 0.29) is 6.03 Å². The van der Waals surface area contributed by atoms with Crippen molar-refractivity contribution in [1.29, 1.82) is 0 Å². The predicted molar refractivity (Wildman–Crippen MR) is 75.4 cm³/mol. The van der Waals surface area contributed by atoms with E-state index in [0.717, 1.165) is 17.5 Å². The molecule has 1 aromatic carbocycles. The minimum absolute atomic E-state index is 0.210. The molecule has 1 unspecified atom stereocenters. The molecule has 0 saturated carbocycles. The van der Waals surface area contributed by atoms with E-state index >= 15 is 0 Å². The highest BCUT2D eigenvalue weighted by molar-refractivity contribution is 5.83. The number of likely N-dealkylation sites (tertiary alicyclic amines) is 1. The van der Waals surface area contributed by atoms with Gasteiger partial charge in [-0.3, -0.25) is 0 Å². The molecule has 108 valence electrons. The van der Waals surface area contributed by atoms with Gasteiger partial charge in [-0.05, 0) is 30.9 Å². The molecule has 1 fully saturated rings. The number of urea groups is 1. The Morgan fingerprint density at radius 1 is 1.40 bits per heavy atom. The molecule has 0 aliphatic carbocycles. The molecule has 0 aromatic heterocycles. The number of nitrogens with zero attached hydrogens (tertiary/aromatic N) is 2. The highest BCUT2D eigenvalue weighted by Crippen LogP contribution is 2.20. The number of amides is 2. The molecule has 0 bridgehead atoms. The van der Waals surface area contributed by atoms with Crippen molar-refractivity contribution >= 4 is 12.0 Å². The second kappa shape index (κ2) is 5.94. The molecule has 1 aliphatic rings. The third kappa shape index (κ3) is 2.92. The van der Waals surface area contributed by atoms with Gasteiger partial charge in [0, 0.05) is 20.1 Å². The third-order valence-corrected chi connectivity index (χ3v) is 3.78. The zero-order valence-corrected chi connectivity index (χ0v) is 11.9. The van der Waals surface area contributed by atoms with Crippen LogP contribution in [0.25, 0.3) is 0 Å². The maximum atomic E-state index is 12.4. The van der Waals surface area contributed by atoms with Gasteiger partial charge in [0.25, 0.3) is 0 Å². The van der Waals surface area contributed by atoms with Gasteiger partial charge in [0.15, 0.2) is 0 Å². The lowest BCUT2D eigenvalue weighted by atomic mass is 10.1. The van der Waals surface area contributed by atoms with E-state index < -0.39 is 12.0 Å². The second-order valence-electron chi connectivity index (χ2n) is 5.25. The lowest BCUT2D eigenvalue weighted by Crippen LogP contribution is -2.46. The molecule has 1 aliphatic heterocycles. The van der Waals surface area contributed by atoms with Crippen molar-refractivity contribution in [2.45, 2.75) is 32.4 Å². The second-order valence-corrected chi connectivity index (χ2v) is 5.25. The quantitative estimate of drug-likeness (QED) is 0.919. The fourth-order valence-corrected chi connectivity index (χ4v) is 2.58. The zero-order valence-electron chi connectivity index (χ0n) is 11.9. The Hall–Kier alpha value is -2.04. The van der Waals surface area contributed by atoms with Crippen LogP contribution in [0.3, 0.4) is 0 Å². The third-order valence-electron chi connectivity index (χ3n) is 3.78. The van der Waals surface area contributed by atoms with Crippen LogP contribution in [0.5, 0.6) is 0 Å². The smallest absolute Gasteiger partial charge is 0.326 e. The van der Waals surface area contributed by atoms with E-state index in [1.54, 1.807) is 11.9 Å². The monoisotopic (exact) mass is 276 g/mol. The molecule has 1 heterocycles. The highest BCUT2D eigenvalue weighted by Gasteiger charge is 2.35. The van der Waals surface area contributed by atoms with Crippen LogP contribution < -0.4 is 0 Å². The van der Waals surface area contributed by atoms with Gasteiger partial charge >= 0.3 is 12.0 Å². The number of hydrogen-bond donors (Lipinski definition) is 1. The van der Waals surface area contributed by atoms with Crippen molar-refractivity contribution in [3.63, 3.8) is 0 Å². The Morgan fingerprint density at radius 3 is 2.75 bits per heavy atom. The largest absolute Gasteiger partial charge is 0.480 e. The molecule has 1 aromatic rings. The summed E-state index contributed by atoms with van der Waals surface area (Å²) in [6.07, 6.45) is 1.29. The van der Waals surface area contributed by atoms with Crippen LogP contribution in [0.15, 0.2) is 24.3 Å². The summed E-state index contributed by atoms with van der Waals surface area (Å²) < 4.78 is 0. The Morgan fingerprint density at radius 2 is 2.10 bits per heavy atom. The SMILES string of the molecule is Cc1ccccc1CN(C)C(=O)N1CCCC1C(=O)O. The Kier molecular flexibility index (Phi) is 4.27. The van der Waals surface area contributed by atoms with Crippen molar-refractivity contribution in [2.75, 3.05) is 13.6 Å². The number of hydrogen-bond acceptors (Lipinski definition) is 2. The molecule has 5 heteroatoms. The first-order valence-corrected chi connectivity index (χ1v) is 6.79. The maximum Gasteiger partial charge on any atom is 0.326 e. The summed E-state index contributed by atoms with van der Waals surface area (Å²) in [5.41, 5.74) is 2.21. The van der Waals surface area contributed by atoms with Crippen molar-refractivity contribution in [3.05, 3.63) is 35.4 Å². The van der Waals surface area contributed by atoms with Crippen LogP contribution in [0.2, 0.25) is 0 Å². The van der Waals surface area contributed by atoms with E-state index in [1.807, 2.05) is 31.2 Å². The molecule has 1 saturated heterocycles. The van der Waals surface area contributed by atoms with Crippen molar-refractivity contribution in [1.82, 2.24) is 9.80 Å². The number of aryl methyl sites for hydroxylation is 1. The summed E-state index contributed by atoms with van der Waals surface area (Å²) in [6, 6.07) is 7.00. The molecular weight excluding hydrogens is 256 g/mol. The highest BCUT2D eigenvalue weighted by atomic mass is 16.4. The molecule has 0 radical (unpaired) electrons. The number of benzene rings is 1. The van der Waals surface area contributed by atoms with Crippen molar-refractivity contribution in [3.8, 4) is 0 Å². The van der Waals surface area contributed by atoms with Gasteiger partial charge in [-0.2, -0.15) is 0 Å². The van der Waals surface area contributed by atoms with Crippen LogP contribution >= 0.6 is 0 Å². The van der Waals surface area contributed by atoms with Gasteiger partial charge in [-0.15, -0.1) is 0 Å². The van der Waals surface area contributed by atoms with Crippen LogP contribution in [-0.4, -0.2) is 46.5 Å². The molecule has 1 N–H and O–H groups in total. The van der Waals surface area contributed by atoms with Crippen molar-refractivity contribution in [2.24, 2.45) is 0 Å². The Labute approximate surface area is 118 Å². The average Bonchev–Trinajstić information content (AvgIpc) is 2.89. The number of carboxylic acids is 1. The van der Waals surface area contributed by atoms with E-state index in [1.165, 1.54) is 4.90 Å². The Bertz CT molecular complexity index is 516. The van der Waals surface area contributed by atoms with Gasteiger partial charge in [0.05, 0.1) is 0 Å². The van der Waals surface area contributed by atoms with E-state index in [0.29, 0.717) is 19.5 Å². The van der Waals surface area contributed by atoms with Gasteiger partial charge < -0.3 is 14.9 Å². The lowest BCUT2D eigenvalue weighted by molar-refractivity contribution is -0.141. The first-order valence-electron chi connectivity index (χ1n) is 6.79.